The number of amides is 1. The molecule has 1 N–H and O–H groups in total. The van der Waals surface area contributed by atoms with Gasteiger partial charge in [0.05, 0.1) is 5.56 Å². The van der Waals surface area contributed by atoms with Crippen LogP contribution in [-0.2, 0) is 0 Å². The standard InChI is InChI=1S/C14H9F4NO2/c15-10-6-5-8(7-11(10)16)19-13(20)9-3-1-2-4-12(9)21-14(17)18/h1-7,14H,(H,19,20). The van der Waals surface area contributed by atoms with Crippen molar-refractivity contribution >= 4 is 11.6 Å². The molecule has 2 aromatic carbocycles. The first-order valence-corrected chi connectivity index (χ1v) is 5.77. The van der Waals surface area contributed by atoms with Crippen molar-refractivity contribution in [3.63, 3.8) is 0 Å². The molecule has 0 spiro atoms. The van der Waals surface area contributed by atoms with Gasteiger partial charge in [-0.3, -0.25) is 4.79 Å². The first-order valence-electron chi connectivity index (χ1n) is 5.77. The number of rotatable bonds is 4. The SMILES string of the molecule is O=C(Nc1ccc(F)c(F)c1)c1ccccc1OC(F)F. The van der Waals surface area contributed by atoms with E-state index in [1.54, 1.807) is 0 Å². The minimum atomic E-state index is -3.08. The van der Waals surface area contributed by atoms with Crippen molar-refractivity contribution < 1.29 is 27.1 Å². The Morgan fingerprint density at radius 1 is 1.05 bits per heavy atom. The molecule has 0 aliphatic carbocycles. The third kappa shape index (κ3) is 3.71. The van der Waals surface area contributed by atoms with Crippen molar-refractivity contribution in [3.8, 4) is 5.75 Å². The zero-order chi connectivity index (χ0) is 15.4. The predicted octanol–water partition coefficient (Wildman–Crippen LogP) is 3.82. The lowest BCUT2D eigenvalue weighted by molar-refractivity contribution is -0.0501. The van der Waals surface area contributed by atoms with E-state index < -0.39 is 24.2 Å². The minimum absolute atomic E-state index is 0.00856. The number of anilines is 1. The van der Waals surface area contributed by atoms with Crippen LogP contribution in [0.25, 0.3) is 0 Å². The van der Waals surface area contributed by atoms with Crippen LogP contribution in [-0.4, -0.2) is 12.5 Å². The van der Waals surface area contributed by atoms with Gasteiger partial charge in [0.15, 0.2) is 11.6 Å². The van der Waals surface area contributed by atoms with Gasteiger partial charge in [0.2, 0.25) is 0 Å². The van der Waals surface area contributed by atoms with E-state index in [1.807, 2.05) is 0 Å². The third-order valence-electron chi connectivity index (χ3n) is 2.53. The fourth-order valence-electron chi connectivity index (χ4n) is 1.63. The van der Waals surface area contributed by atoms with E-state index in [9.17, 15) is 22.4 Å². The Morgan fingerprint density at radius 2 is 1.76 bits per heavy atom. The van der Waals surface area contributed by atoms with Gasteiger partial charge in [0.25, 0.3) is 5.91 Å². The predicted molar refractivity (Wildman–Crippen MR) is 67.4 cm³/mol. The molecule has 7 heteroatoms. The molecule has 0 aromatic heterocycles. The van der Waals surface area contributed by atoms with Crippen molar-refractivity contribution in [3.05, 3.63) is 59.7 Å². The van der Waals surface area contributed by atoms with Crippen molar-refractivity contribution in [1.29, 1.82) is 0 Å². The molecule has 0 radical (unpaired) electrons. The first-order chi connectivity index (χ1) is 9.97. The molecule has 0 heterocycles. The van der Waals surface area contributed by atoms with Crippen LogP contribution in [0, 0.1) is 11.6 Å². The zero-order valence-corrected chi connectivity index (χ0v) is 10.4. The number of carbonyl (C=O) groups is 1. The number of benzene rings is 2. The number of halogens is 4. The van der Waals surface area contributed by atoms with E-state index in [4.69, 9.17) is 0 Å². The van der Waals surface area contributed by atoms with E-state index >= 15 is 0 Å². The van der Waals surface area contributed by atoms with Crippen molar-refractivity contribution in [2.75, 3.05) is 5.32 Å². The van der Waals surface area contributed by atoms with Crippen LogP contribution in [0.3, 0.4) is 0 Å². The van der Waals surface area contributed by atoms with E-state index in [-0.39, 0.29) is 17.0 Å². The number of alkyl halides is 2. The van der Waals surface area contributed by atoms with Gasteiger partial charge in [0, 0.05) is 11.8 Å². The maximum Gasteiger partial charge on any atom is 0.387 e. The lowest BCUT2D eigenvalue weighted by atomic mass is 10.2. The molecule has 21 heavy (non-hydrogen) atoms. The second-order valence-electron chi connectivity index (χ2n) is 3.96. The Kier molecular flexibility index (Phi) is 4.42. The number of carbonyl (C=O) groups excluding carboxylic acids is 1. The summed E-state index contributed by atoms with van der Waals surface area (Å²) in [6, 6.07) is 8.12. The average Bonchev–Trinajstić information content (AvgIpc) is 2.43. The lowest BCUT2D eigenvalue weighted by Gasteiger charge is -2.11. The Bertz CT molecular complexity index is 661. The molecule has 0 unspecified atom stereocenters. The highest BCUT2D eigenvalue weighted by atomic mass is 19.3. The molecule has 110 valence electrons. The summed E-state index contributed by atoms with van der Waals surface area (Å²) in [6.45, 7) is -3.08. The van der Waals surface area contributed by atoms with Crippen LogP contribution in [0.1, 0.15) is 10.4 Å². The van der Waals surface area contributed by atoms with Crippen LogP contribution >= 0.6 is 0 Å². The average molecular weight is 299 g/mol. The van der Waals surface area contributed by atoms with Gasteiger partial charge in [-0.1, -0.05) is 12.1 Å². The summed E-state index contributed by atoms with van der Waals surface area (Å²) in [7, 11) is 0. The van der Waals surface area contributed by atoms with Gasteiger partial charge in [0.1, 0.15) is 5.75 Å². The van der Waals surface area contributed by atoms with Gasteiger partial charge in [-0.2, -0.15) is 8.78 Å². The third-order valence-corrected chi connectivity index (χ3v) is 2.53. The summed E-state index contributed by atoms with van der Waals surface area (Å²) in [5.41, 5.74) is -0.159. The van der Waals surface area contributed by atoms with Crippen LogP contribution in [0.15, 0.2) is 42.5 Å². The lowest BCUT2D eigenvalue weighted by Crippen LogP contribution is -2.15. The van der Waals surface area contributed by atoms with Crippen LogP contribution in [0.5, 0.6) is 5.75 Å². The molecule has 0 aliphatic rings. The Morgan fingerprint density at radius 3 is 2.43 bits per heavy atom. The molecular weight excluding hydrogens is 290 g/mol. The molecular formula is C14H9F4NO2. The van der Waals surface area contributed by atoms with Crippen molar-refractivity contribution in [2.45, 2.75) is 6.61 Å². The monoisotopic (exact) mass is 299 g/mol. The highest BCUT2D eigenvalue weighted by molar-refractivity contribution is 6.06. The number of ether oxygens (including phenoxy) is 1. The maximum absolute atomic E-state index is 13.0. The molecule has 1 amide bonds. The molecule has 0 saturated carbocycles. The van der Waals surface area contributed by atoms with Gasteiger partial charge in [-0.25, -0.2) is 8.78 Å². The number of hydrogen-bond acceptors (Lipinski definition) is 2. The van der Waals surface area contributed by atoms with Gasteiger partial charge in [-0.05, 0) is 24.3 Å². The second kappa shape index (κ2) is 6.25. The highest BCUT2D eigenvalue weighted by Gasteiger charge is 2.16. The smallest absolute Gasteiger partial charge is 0.387 e. The van der Waals surface area contributed by atoms with E-state index in [1.165, 1.54) is 24.3 Å². The Hall–Kier alpha value is -2.57. The van der Waals surface area contributed by atoms with Crippen molar-refractivity contribution in [2.24, 2.45) is 0 Å². The summed E-state index contributed by atoms with van der Waals surface area (Å²) < 4.78 is 54.5. The zero-order valence-electron chi connectivity index (χ0n) is 10.4. The summed E-state index contributed by atoms with van der Waals surface area (Å²) >= 11 is 0. The fourth-order valence-corrected chi connectivity index (χ4v) is 1.63. The largest absolute Gasteiger partial charge is 0.434 e. The second-order valence-corrected chi connectivity index (χ2v) is 3.96. The minimum Gasteiger partial charge on any atom is -0.434 e. The fraction of sp³-hybridized carbons (Fsp3) is 0.0714. The highest BCUT2D eigenvalue weighted by Crippen LogP contribution is 2.22. The summed E-state index contributed by atoms with van der Waals surface area (Å²) in [6.07, 6.45) is 0. The Labute approximate surface area is 117 Å². The summed E-state index contributed by atoms with van der Waals surface area (Å²) in [4.78, 5) is 12.0. The number of para-hydroxylation sites is 1. The van der Waals surface area contributed by atoms with E-state index in [0.29, 0.717) is 0 Å². The molecule has 3 nitrogen and oxygen atoms in total. The topological polar surface area (TPSA) is 38.3 Å². The molecule has 0 aliphatic heterocycles. The van der Waals surface area contributed by atoms with Crippen LogP contribution in [0.2, 0.25) is 0 Å². The van der Waals surface area contributed by atoms with Gasteiger partial charge < -0.3 is 10.1 Å². The Balaban J connectivity index is 2.22. The molecule has 2 aromatic rings. The summed E-state index contributed by atoms with van der Waals surface area (Å²) in [5, 5.41) is 2.27. The summed E-state index contributed by atoms with van der Waals surface area (Å²) in [5.74, 6) is -3.29. The maximum atomic E-state index is 13.0. The normalized spacial score (nSPS) is 10.5. The van der Waals surface area contributed by atoms with Crippen LogP contribution < -0.4 is 10.1 Å². The van der Waals surface area contributed by atoms with Crippen molar-refractivity contribution in [1.82, 2.24) is 0 Å². The molecule has 0 atom stereocenters. The number of nitrogens with one attached hydrogen (secondary N) is 1. The van der Waals surface area contributed by atoms with Gasteiger partial charge >= 0.3 is 6.61 Å². The van der Waals surface area contributed by atoms with E-state index in [0.717, 1.165) is 18.2 Å². The molecule has 2 rings (SSSR count). The molecule has 0 saturated heterocycles. The van der Waals surface area contributed by atoms with E-state index in [2.05, 4.69) is 10.1 Å². The molecule has 0 fully saturated rings. The van der Waals surface area contributed by atoms with Crippen LogP contribution in [0.4, 0.5) is 23.2 Å². The molecule has 0 bridgehead atoms. The first kappa shape index (κ1) is 14.8. The quantitative estimate of drug-likeness (QED) is 0.872. The number of hydrogen-bond donors (Lipinski definition) is 1. The van der Waals surface area contributed by atoms with Gasteiger partial charge in [-0.15, -0.1) is 0 Å².